The van der Waals surface area contributed by atoms with E-state index in [0.717, 1.165) is 69.4 Å². The zero-order chi connectivity index (χ0) is 28.5. The summed E-state index contributed by atoms with van der Waals surface area (Å²) in [5, 5.41) is 15.2. The molecule has 204 valence electrons. The molecule has 41 heavy (non-hydrogen) atoms. The molecule has 3 aromatic heterocycles. The topological polar surface area (TPSA) is 75.1 Å². The van der Waals surface area contributed by atoms with Crippen LogP contribution in [0.1, 0.15) is 61.8 Å². The normalized spacial score (nSPS) is 12.8. The summed E-state index contributed by atoms with van der Waals surface area (Å²) in [7, 11) is 0. The van der Waals surface area contributed by atoms with E-state index in [1.54, 1.807) is 17.6 Å². The number of hydrogen-bond acceptors (Lipinski definition) is 4. The highest BCUT2D eigenvalue weighted by atomic mass is 32.1. The lowest BCUT2D eigenvalue weighted by molar-refractivity contribution is 0.0955. The van der Waals surface area contributed by atoms with Crippen molar-refractivity contribution in [3.05, 3.63) is 117 Å². The van der Waals surface area contributed by atoms with Crippen LogP contribution in [0, 0.1) is 32.1 Å². The molecule has 0 saturated heterocycles. The van der Waals surface area contributed by atoms with Gasteiger partial charge in [-0.2, -0.15) is 10.4 Å². The zero-order valence-corrected chi connectivity index (χ0v) is 24.3. The van der Waals surface area contributed by atoms with Crippen LogP contribution in [-0.2, 0) is 12.8 Å². The van der Waals surface area contributed by atoms with Gasteiger partial charge in [0.05, 0.1) is 17.5 Å². The molecule has 0 fully saturated rings. The van der Waals surface area contributed by atoms with Crippen LogP contribution in [0.4, 0.5) is 0 Å². The largest absolute Gasteiger partial charge is 0.314 e. The summed E-state index contributed by atoms with van der Waals surface area (Å²) in [6.45, 7) is 6.15. The number of nitriles is 1. The molecule has 2 aromatic carbocycles. The molecule has 0 radical (unpaired) electrons. The van der Waals surface area contributed by atoms with Gasteiger partial charge in [-0.1, -0.05) is 30.3 Å². The summed E-state index contributed by atoms with van der Waals surface area (Å²) in [6.07, 6.45) is 6.04. The molecule has 1 aliphatic rings. The fraction of sp³-hybridized carbons (Fsp3) is 0.206. The molecule has 6 rings (SSSR count). The van der Waals surface area contributed by atoms with Crippen LogP contribution in [0.15, 0.2) is 77.9 Å². The van der Waals surface area contributed by atoms with Gasteiger partial charge in [0.15, 0.2) is 0 Å². The van der Waals surface area contributed by atoms with Crippen molar-refractivity contribution in [2.45, 2.75) is 46.5 Å². The third-order valence-electron chi connectivity index (χ3n) is 7.84. The summed E-state index contributed by atoms with van der Waals surface area (Å²) in [5.74, 6) is -0.271. The maximum atomic E-state index is 12.9. The highest BCUT2D eigenvalue weighted by Gasteiger charge is 2.23. The number of nitrogens with zero attached hydrogens (tertiary/aromatic N) is 4. The summed E-state index contributed by atoms with van der Waals surface area (Å²) in [4.78, 5) is 14.2. The Morgan fingerprint density at radius 1 is 0.951 bits per heavy atom. The lowest BCUT2D eigenvalue weighted by atomic mass is 9.96. The number of rotatable bonds is 6. The first-order valence-electron chi connectivity index (χ1n) is 13.9. The average molecular weight is 558 g/mol. The third kappa shape index (κ3) is 4.92. The number of benzene rings is 2. The third-order valence-corrected chi connectivity index (χ3v) is 9.12. The molecule has 0 aliphatic heterocycles. The number of aromatic nitrogens is 2. The number of carbonyl (C=O) groups is 1. The SMILES string of the molecule is Cc1ccc(-c2ccccc2)n1-c1ccc(C(=O)N/N=C/c2cc(C)n(-c3sc4c(c3C#N)CCCC4)c2C)cc1. The van der Waals surface area contributed by atoms with E-state index < -0.39 is 0 Å². The summed E-state index contributed by atoms with van der Waals surface area (Å²) >= 11 is 1.73. The first kappa shape index (κ1) is 26.5. The number of amides is 1. The van der Waals surface area contributed by atoms with Gasteiger partial charge in [-0.3, -0.25) is 4.79 Å². The van der Waals surface area contributed by atoms with Crippen LogP contribution in [0.3, 0.4) is 0 Å². The standard InChI is InChI=1S/C34H31N5OS/c1-22-13-18-31(25-9-5-4-6-10-25)39(22)28-16-14-26(15-17-28)33(40)37-36-21-27-19-23(2)38(24(27)3)34-30(20-35)29-11-7-8-12-32(29)41-34/h4-6,9-10,13-19,21H,7-8,11-12H2,1-3H3,(H,37,40)/b36-21+. The fourth-order valence-electron chi connectivity index (χ4n) is 5.76. The quantitative estimate of drug-likeness (QED) is 0.174. The van der Waals surface area contributed by atoms with Crippen molar-refractivity contribution in [2.75, 3.05) is 0 Å². The molecule has 3 heterocycles. The molecule has 0 bridgehead atoms. The molecule has 6 nitrogen and oxygen atoms in total. The predicted molar refractivity (Wildman–Crippen MR) is 165 cm³/mol. The first-order valence-corrected chi connectivity index (χ1v) is 14.7. The van der Waals surface area contributed by atoms with E-state index in [9.17, 15) is 10.1 Å². The maximum absolute atomic E-state index is 12.9. The number of thiophene rings is 1. The minimum atomic E-state index is -0.271. The molecule has 0 unspecified atom stereocenters. The molecule has 0 saturated carbocycles. The summed E-state index contributed by atoms with van der Waals surface area (Å²) < 4.78 is 4.34. The van der Waals surface area contributed by atoms with E-state index >= 15 is 0 Å². The molecular weight excluding hydrogens is 526 g/mol. The van der Waals surface area contributed by atoms with Crippen molar-refractivity contribution >= 4 is 23.5 Å². The Balaban J connectivity index is 1.19. The van der Waals surface area contributed by atoms with E-state index in [-0.39, 0.29) is 5.91 Å². The molecule has 1 amide bonds. The number of nitrogens with one attached hydrogen (secondary N) is 1. The molecule has 0 atom stereocenters. The van der Waals surface area contributed by atoms with Gasteiger partial charge in [0.2, 0.25) is 0 Å². The molecule has 5 aromatic rings. The Morgan fingerprint density at radius 3 is 2.46 bits per heavy atom. The molecule has 1 aliphatic carbocycles. The van der Waals surface area contributed by atoms with Gasteiger partial charge >= 0.3 is 0 Å². The Kier molecular flexibility index (Phi) is 7.17. The van der Waals surface area contributed by atoms with Crippen LogP contribution in [-0.4, -0.2) is 21.3 Å². The van der Waals surface area contributed by atoms with Crippen LogP contribution in [0.25, 0.3) is 21.9 Å². The van der Waals surface area contributed by atoms with Gasteiger partial charge in [0, 0.05) is 38.8 Å². The highest BCUT2D eigenvalue weighted by molar-refractivity contribution is 7.15. The average Bonchev–Trinajstić information content (AvgIpc) is 3.65. The summed E-state index contributed by atoms with van der Waals surface area (Å²) in [6, 6.07) is 26.6. The van der Waals surface area contributed by atoms with Gasteiger partial charge in [0.1, 0.15) is 11.1 Å². The van der Waals surface area contributed by atoms with Crippen molar-refractivity contribution < 1.29 is 4.79 Å². The number of hydrogen-bond donors (Lipinski definition) is 1. The van der Waals surface area contributed by atoms with Gasteiger partial charge < -0.3 is 9.13 Å². The smallest absolute Gasteiger partial charge is 0.271 e. The lowest BCUT2D eigenvalue weighted by Gasteiger charge is -2.12. The van der Waals surface area contributed by atoms with E-state index in [2.05, 4.69) is 56.9 Å². The van der Waals surface area contributed by atoms with Gasteiger partial charge in [-0.15, -0.1) is 11.3 Å². The Morgan fingerprint density at radius 2 is 1.71 bits per heavy atom. The van der Waals surface area contributed by atoms with Crippen molar-refractivity contribution in [2.24, 2.45) is 5.10 Å². The Hall–Kier alpha value is -4.67. The van der Waals surface area contributed by atoms with Gasteiger partial charge in [-0.05, 0) is 100 Å². The van der Waals surface area contributed by atoms with Crippen molar-refractivity contribution in [1.82, 2.24) is 14.6 Å². The predicted octanol–water partition coefficient (Wildman–Crippen LogP) is 7.44. The van der Waals surface area contributed by atoms with Crippen molar-refractivity contribution in [3.63, 3.8) is 0 Å². The molecule has 1 N–H and O–H groups in total. The molecular formula is C34H31N5OS. The van der Waals surface area contributed by atoms with E-state index in [1.807, 2.05) is 62.4 Å². The van der Waals surface area contributed by atoms with E-state index in [1.165, 1.54) is 16.9 Å². The fourth-order valence-corrected chi connectivity index (χ4v) is 7.21. The monoisotopic (exact) mass is 557 g/mol. The van der Waals surface area contributed by atoms with Crippen LogP contribution in [0.5, 0.6) is 0 Å². The van der Waals surface area contributed by atoms with Gasteiger partial charge in [0.25, 0.3) is 5.91 Å². The van der Waals surface area contributed by atoms with Gasteiger partial charge in [-0.25, -0.2) is 5.43 Å². The van der Waals surface area contributed by atoms with Crippen molar-refractivity contribution in [3.8, 4) is 28.0 Å². The van der Waals surface area contributed by atoms with E-state index in [4.69, 9.17) is 0 Å². The maximum Gasteiger partial charge on any atom is 0.271 e. The summed E-state index contributed by atoms with van der Waals surface area (Å²) in [5.41, 5.74) is 12.5. The Labute approximate surface area is 244 Å². The Bertz CT molecular complexity index is 1810. The van der Waals surface area contributed by atoms with Crippen LogP contribution in [0.2, 0.25) is 0 Å². The lowest BCUT2D eigenvalue weighted by Crippen LogP contribution is -2.17. The number of hydrazone groups is 1. The zero-order valence-electron chi connectivity index (χ0n) is 23.4. The second-order valence-corrected chi connectivity index (χ2v) is 11.6. The van der Waals surface area contributed by atoms with Crippen molar-refractivity contribution in [1.29, 1.82) is 5.26 Å². The minimum Gasteiger partial charge on any atom is -0.314 e. The number of aryl methyl sites for hydroxylation is 3. The first-order chi connectivity index (χ1) is 20.0. The highest BCUT2D eigenvalue weighted by Crippen LogP contribution is 2.38. The second-order valence-electron chi connectivity index (χ2n) is 10.5. The van der Waals surface area contributed by atoms with E-state index in [0.29, 0.717) is 5.56 Å². The van der Waals surface area contributed by atoms with Crippen LogP contribution >= 0.6 is 11.3 Å². The van der Waals surface area contributed by atoms with Crippen LogP contribution < -0.4 is 5.43 Å². The molecule has 0 spiro atoms. The minimum absolute atomic E-state index is 0.271. The second kappa shape index (κ2) is 11.1. The molecule has 7 heteroatoms. The number of fused-ring (bicyclic) bond motifs is 1. The number of carbonyl (C=O) groups excluding carboxylic acids is 1.